The van der Waals surface area contributed by atoms with Gasteiger partial charge < -0.3 is 10.5 Å². The van der Waals surface area contributed by atoms with Crippen LogP contribution in [0.1, 0.15) is 6.92 Å². The normalized spacial score (nSPS) is 12.8. The fourth-order valence-electron chi connectivity index (χ4n) is 0.329. The third kappa shape index (κ3) is 3.03. The summed E-state index contributed by atoms with van der Waals surface area (Å²) in [5, 5.41) is 0. The van der Waals surface area contributed by atoms with Crippen LogP contribution in [0.3, 0.4) is 0 Å². The number of carbonyl (C=O) groups is 1. The van der Waals surface area contributed by atoms with Gasteiger partial charge in [0.2, 0.25) is 6.17 Å². The van der Waals surface area contributed by atoms with Gasteiger partial charge in [0.05, 0.1) is 6.61 Å². The summed E-state index contributed by atoms with van der Waals surface area (Å²) in [6, 6.07) is 0. The summed E-state index contributed by atoms with van der Waals surface area (Å²) in [4.78, 5) is 10.3. The van der Waals surface area contributed by atoms with E-state index in [1.807, 2.05) is 0 Å². The molecule has 0 aliphatic rings. The summed E-state index contributed by atoms with van der Waals surface area (Å²) >= 11 is 0. The second kappa shape index (κ2) is 4.26. The molecule has 1 atom stereocenters. The molecule has 0 saturated heterocycles. The van der Waals surface area contributed by atoms with Gasteiger partial charge in [0.15, 0.2) is 0 Å². The number of halogens is 1. The lowest BCUT2D eigenvalue weighted by atomic mass is 10.4. The molecular weight excluding hydrogens is 125 g/mol. The molecule has 0 aromatic carbocycles. The molecule has 3 nitrogen and oxygen atoms in total. The Morgan fingerprint density at radius 3 is 2.78 bits per heavy atom. The predicted molar refractivity (Wildman–Crippen MR) is 30.6 cm³/mol. The lowest BCUT2D eigenvalue weighted by Crippen LogP contribution is -2.26. The van der Waals surface area contributed by atoms with E-state index >= 15 is 0 Å². The van der Waals surface area contributed by atoms with Crippen LogP contribution in [-0.4, -0.2) is 25.3 Å². The molecule has 0 spiro atoms. The van der Waals surface area contributed by atoms with Crippen molar-refractivity contribution < 1.29 is 13.9 Å². The number of alkyl halides is 1. The summed E-state index contributed by atoms with van der Waals surface area (Å²) < 4.78 is 16.4. The van der Waals surface area contributed by atoms with Crippen molar-refractivity contribution in [3.8, 4) is 0 Å². The Balaban J connectivity index is 3.46. The number of hydrogen-bond donors (Lipinski definition) is 1. The van der Waals surface area contributed by atoms with Crippen LogP contribution in [-0.2, 0) is 9.53 Å². The Morgan fingerprint density at radius 2 is 2.44 bits per heavy atom. The second-order valence-corrected chi connectivity index (χ2v) is 1.46. The van der Waals surface area contributed by atoms with Gasteiger partial charge in [0, 0.05) is 6.54 Å². The van der Waals surface area contributed by atoms with Crippen molar-refractivity contribution in [2.75, 3.05) is 13.2 Å². The quantitative estimate of drug-likeness (QED) is 0.547. The second-order valence-electron chi connectivity index (χ2n) is 1.46. The first kappa shape index (κ1) is 8.36. The summed E-state index contributed by atoms with van der Waals surface area (Å²) in [5.74, 6) is -0.875. The van der Waals surface area contributed by atoms with E-state index in [4.69, 9.17) is 5.73 Å². The summed E-state index contributed by atoms with van der Waals surface area (Å²) in [7, 11) is 0. The van der Waals surface area contributed by atoms with Crippen molar-refractivity contribution in [2.45, 2.75) is 13.1 Å². The zero-order valence-corrected chi connectivity index (χ0v) is 5.26. The molecule has 2 N–H and O–H groups in total. The van der Waals surface area contributed by atoms with Gasteiger partial charge in [-0.3, -0.25) is 0 Å². The van der Waals surface area contributed by atoms with Crippen molar-refractivity contribution >= 4 is 5.97 Å². The van der Waals surface area contributed by atoms with E-state index in [1.165, 1.54) is 0 Å². The van der Waals surface area contributed by atoms with Crippen LogP contribution in [0.15, 0.2) is 0 Å². The number of rotatable bonds is 3. The molecule has 0 aromatic rings. The molecule has 0 aliphatic carbocycles. The molecule has 0 heterocycles. The molecule has 0 fully saturated rings. The Hall–Kier alpha value is -0.640. The maximum absolute atomic E-state index is 12.1. The van der Waals surface area contributed by atoms with Gasteiger partial charge in [0.25, 0.3) is 0 Å². The lowest BCUT2D eigenvalue weighted by Gasteiger charge is -2.02. The van der Waals surface area contributed by atoms with Gasteiger partial charge in [-0.15, -0.1) is 0 Å². The van der Waals surface area contributed by atoms with Crippen molar-refractivity contribution in [3.63, 3.8) is 0 Å². The van der Waals surface area contributed by atoms with Crippen molar-refractivity contribution in [3.05, 3.63) is 0 Å². The summed E-state index contributed by atoms with van der Waals surface area (Å²) in [6.07, 6.45) is -1.66. The minimum atomic E-state index is -1.66. The van der Waals surface area contributed by atoms with Crippen LogP contribution in [0.2, 0.25) is 0 Å². The lowest BCUT2D eigenvalue weighted by molar-refractivity contribution is -0.148. The standard InChI is InChI=1S/C5H10FNO2/c1-2-9-5(8)4(6)3-7/h4H,2-3,7H2,1H3/t4-/m1/s1. The van der Waals surface area contributed by atoms with E-state index in [-0.39, 0.29) is 13.2 Å². The highest BCUT2D eigenvalue weighted by molar-refractivity contribution is 5.74. The Labute approximate surface area is 53.0 Å². The predicted octanol–water partition coefficient (Wildman–Crippen LogP) is -0.154. The molecule has 0 bridgehead atoms. The third-order valence-electron chi connectivity index (χ3n) is 0.749. The van der Waals surface area contributed by atoms with Crippen LogP contribution in [0, 0.1) is 0 Å². The monoisotopic (exact) mass is 135 g/mol. The average molecular weight is 135 g/mol. The molecule has 0 saturated carbocycles. The first-order valence-electron chi connectivity index (χ1n) is 2.73. The van der Waals surface area contributed by atoms with Crippen molar-refractivity contribution in [1.82, 2.24) is 0 Å². The van der Waals surface area contributed by atoms with E-state index in [0.29, 0.717) is 0 Å². The van der Waals surface area contributed by atoms with Gasteiger partial charge in [-0.05, 0) is 6.92 Å². The molecular formula is C5H10FNO2. The zero-order valence-electron chi connectivity index (χ0n) is 5.26. The van der Waals surface area contributed by atoms with Crippen LogP contribution in [0.4, 0.5) is 4.39 Å². The molecule has 0 rings (SSSR count). The first-order valence-corrected chi connectivity index (χ1v) is 2.73. The van der Waals surface area contributed by atoms with Crippen molar-refractivity contribution in [1.29, 1.82) is 0 Å². The highest BCUT2D eigenvalue weighted by atomic mass is 19.1. The Morgan fingerprint density at radius 1 is 1.89 bits per heavy atom. The number of esters is 1. The van der Waals surface area contributed by atoms with Gasteiger partial charge >= 0.3 is 5.97 Å². The van der Waals surface area contributed by atoms with Crippen LogP contribution < -0.4 is 5.73 Å². The SMILES string of the molecule is CCOC(=O)[C@H](F)CN. The van der Waals surface area contributed by atoms with E-state index < -0.39 is 12.1 Å². The van der Waals surface area contributed by atoms with E-state index in [1.54, 1.807) is 6.92 Å². The first-order chi connectivity index (χ1) is 4.22. The van der Waals surface area contributed by atoms with Gasteiger partial charge in [-0.1, -0.05) is 0 Å². The number of carbonyl (C=O) groups excluding carboxylic acids is 1. The van der Waals surface area contributed by atoms with E-state index in [2.05, 4.69) is 4.74 Å². The van der Waals surface area contributed by atoms with Crippen LogP contribution in [0.25, 0.3) is 0 Å². The van der Waals surface area contributed by atoms with E-state index in [9.17, 15) is 9.18 Å². The van der Waals surface area contributed by atoms with Gasteiger partial charge in [0.1, 0.15) is 0 Å². The largest absolute Gasteiger partial charge is 0.464 e. The molecule has 0 aromatic heterocycles. The zero-order chi connectivity index (χ0) is 7.28. The Bertz CT molecular complexity index is 97.0. The number of nitrogens with two attached hydrogens (primary N) is 1. The maximum Gasteiger partial charge on any atom is 0.342 e. The molecule has 0 unspecified atom stereocenters. The topological polar surface area (TPSA) is 52.3 Å². The summed E-state index contributed by atoms with van der Waals surface area (Å²) in [6.45, 7) is 1.50. The van der Waals surface area contributed by atoms with Crippen molar-refractivity contribution in [2.24, 2.45) is 5.73 Å². The Kier molecular flexibility index (Phi) is 3.96. The molecule has 4 heteroatoms. The molecule has 0 radical (unpaired) electrons. The summed E-state index contributed by atoms with van der Waals surface area (Å²) in [5.41, 5.74) is 4.83. The highest BCUT2D eigenvalue weighted by Crippen LogP contribution is 1.90. The van der Waals surface area contributed by atoms with Crippen LogP contribution in [0.5, 0.6) is 0 Å². The molecule has 9 heavy (non-hydrogen) atoms. The molecule has 0 aliphatic heterocycles. The molecule has 54 valence electrons. The number of hydrogen-bond acceptors (Lipinski definition) is 3. The minimum Gasteiger partial charge on any atom is -0.464 e. The van der Waals surface area contributed by atoms with Gasteiger partial charge in [-0.2, -0.15) is 0 Å². The highest BCUT2D eigenvalue weighted by Gasteiger charge is 2.14. The number of ether oxygens (including phenoxy) is 1. The fraction of sp³-hybridized carbons (Fsp3) is 0.800. The minimum absolute atomic E-state index is 0.194. The third-order valence-corrected chi connectivity index (χ3v) is 0.749. The fourth-order valence-corrected chi connectivity index (χ4v) is 0.329. The van der Waals surface area contributed by atoms with E-state index in [0.717, 1.165) is 0 Å². The van der Waals surface area contributed by atoms with Crippen LogP contribution >= 0.6 is 0 Å². The van der Waals surface area contributed by atoms with Gasteiger partial charge in [-0.25, -0.2) is 9.18 Å². The maximum atomic E-state index is 12.1. The smallest absolute Gasteiger partial charge is 0.342 e. The molecule has 0 amide bonds. The average Bonchev–Trinajstić information content (AvgIpc) is 1.87.